The second kappa shape index (κ2) is 12.6. The maximum Gasteiger partial charge on any atom is 0.171 e. The van der Waals surface area contributed by atoms with Gasteiger partial charge in [0.1, 0.15) is 5.75 Å². The average Bonchev–Trinajstić information content (AvgIpc) is 3.13. The van der Waals surface area contributed by atoms with Crippen molar-refractivity contribution in [2.45, 2.75) is 24.9 Å². The van der Waals surface area contributed by atoms with Crippen LogP contribution in [0.1, 0.15) is 24.4 Å². The summed E-state index contributed by atoms with van der Waals surface area (Å²) in [5, 5.41) is 13.6. The Morgan fingerprint density at radius 3 is 2.44 bits per heavy atom. The van der Waals surface area contributed by atoms with Gasteiger partial charge in [-0.15, -0.1) is 6.58 Å². The number of methoxy groups -OCH3 is 1. The van der Waals surface area contributed by atoms with Crippen LogP contribution in [0.25, 0.3) is 43.6 Å². The average molecular weight is 650 g/mol. The molecule has 6 aromatic rings. The fourth-order valence-electron chi connectivity index (χ4n) is 8.16. The molecule has 3 saturated heterocycles. The summed E-state index contributed by atoms with van der Waals surface area (Å²) in [7, 11) is 1.71. The first kappa shape index (κ1) is 30.4. The Balaban J connectivity index is 1.22. The van der Waals surface area contributed by atoms with Crippen LogP contribution in [0.4, 0.5) is 11.4 Å². The van der Waals surface area contributed by atoms with E-state index in [1.807, 2.05) is 24.4 Å². The molecule has 48 heavy (non-hydrogen) atoms. The van der Waals surface area contributed by atoms with Gasteiger partial charge in [0.2, 0.25) is 0 Å². The normalized spacial score (nSPS) is 20.9. The summed E-state index contributed by atoms with van der Waals surface area (Å²) in [5.74, 6) is 1.93. The molecule has 2 bridgehead atoms. The molecule has 3 aliphatic heterocycles. The molecule has 7 heteroatoms. The summed E-state index contributed by atoms with van der Waals surface area (Å²) in [6.45, 7) is 6.24. The zero-order valence-electron chi connectivity index (χ0n) is 27.0. The van der Waals surface area contributed by atoms with Gasteiger partial charge < -0.3 is 21.1 Å². The van der Waals surface area contributed by atoms with E-state index in [9.17, 15) is 0 Å². The van der Waals surface area contributed by atoms with Crippen LogP contribution in [0.15, 0.2) is 116 Å². The van der Waals surface area contributed by atoms with Crippen molar-refractivity contribution in [1.29, 1.82) is 0 Å². The minimum atomic E-state index is -0.0808. The molecule has 3 aliphatic rings. The number of piperidine rings is 3. The molecule has 5 aromatic carbocycles. The maximum absolute atomic E-state index is 6.79. The summed E-state index contributed by atoms with van der Waals surface area (Å²) in [5.41, 5.74) is 12.6. The summed E-state index contributed by atoms with van der Waals surface area (Å²) in [6.07, 6.45) is 6.32. The van der Waals surface area contributed by atoms with Gasteiger partial charge in [0.05, 0.1) is 18.7 Å². The van der Waals surface area contributed by atoms with Crippen molar-refractivity contribution < 1.29 is 4.74 Å². The van der Waals surface area contributed by atoms with Gasteiger partial charge in [-0.2, -0.15) is 0 Å². The molecule has 0 radical (unpaired) electrons. The maximum atomic E-state index is 6.79. The number of fused-ring (bicyclic) bond motifs is 6. The van der Waals surface area contributed by atoms with Crippen molar-refractivity contribution in [2.75, 3.05) is 31.2 Å². The summed E-state index contributed by atoms with van der Waals surface area (Å²) in [4.78, 5) is 7.32. The van der Waals surface area contributed by atoms with Gasteiger partial charge in [0, 0.05) is 46.7 Å². The number of nitrogens with zero attached hydrogens (tertiary/aromatic N) is 2. The van der Waals surface area contributed by atoms with Crippen LogP contribution in [-0.2, 0) is 0 Å². The second-order valence-electron chi connectivity index (χ2n) is 13.1. The largest absolute Gasteiger partial charge is 0.497 e. The van der Waals surface area contributed by atoms with E-state index in [0.29, 0.717) is 16.9 Å². The summed E-state index contributed by atoms with van der Waals surface area (Å²) >= 11 is 6.22. The highest BCUT2D eigenvalue weighted by atomic mass is 32.1. The Hall–Kier alpha value is -4.98. The lowest BCUT2D eigenvalue weighted by atomic mass is 9.73. The van der Waals surface area contributed by atoms with Crippen molar-refractivity contribution in [2.24, 2.45) is 11.8 Å². The summed E-state index contributed by atoms with van der Waals surface area (Å²) in [6, 6.07) is 33.6. The minimum Gasteiger partial charge on any atom is -0.497 e. The molecule has 3 fully saturated rings. The van der Waals surface area contributed by atoms with Crippen molar-refractivity contribution in [3.8, 4) is 16.9 Å². The third kappa shape index (κ3) is 5.33. The van der Waals surface area contributed by atoms with Crippen LogP contribution in [-0.4, -0.2) is 41.2 Å². The minimum absolute atomic E-state index is 0.0808. The summed E-state index contributed by atoms with van der Waals surface area (Å²) < 4.78 is 5.65. The van der Waals surface area contributed by atoms with E-state index in [2.05, 4.69) is 107 Å². The fourth-order valence-corrected chi connectivity index (χ4v) is 8.40. The van der Waals surface area contributed by atoms with Gasteiger partial charge in [-0.25, -0.2) is 0 Å². The Bertz CT molecular complexity index is 2200. The highest BCUT2D eigenvalue weighted by Gasteiger charge is 2.43. The molecule has 1 aromatic heterocycles. The van der Waals surface area contributed by atoms with Crippen LogP contribution in [0.3, 0.4) is 0 Å². The van der Waals surface area contributed by atoms with E-state index in [-0.39, 0.29) is 12.1 Å². The lowest BCUT2D eigenvalue weighted by Gasteiger charge is -2.52. The second-order valence-corrected chi connectivity index (χ2v) is 13.5. The van der Waals surface area contributed by atoms with Gasteiger partial charge in [-0.3, -0.25) is 9.88 Å². The number of rotatable bonds is 7. The zero-order chi connectivity index (χ0) is 32.8. The van der Waals surface area contributed by atoms with Crippen LogP contribution >= 0.6 is 12.2 Å². The van der Waals surface area contributed by atoms with Crippen molar-refractivity contribution in [1.82, 2.24) is 15.2 Å². The third-order valence-electron chi connectivity index (χ3n) is 10.5. The number of thiocarbonyl (C=S) groups is 1. The lowest BCUT2D eigenvalue weighted by Crippen LogP contribution is -2.57. The highest BCUT2D eigenvalue weighted by molar-refractivity contribution is 7.80. The van der Waals surface area contributed by atoms with Gasteiger partial charge in [0.15, 0.2) is 5.11 Å². The fraction of sp³-hybridized carbons (Fsp3) is 0.220. The predicted octanol–water partition coefficient (Wildman–Crippen LogP) is 8.72. The number of nitrogens with one attached hydrogen (secondary N) is 2. The van der Waals surface area contributed by atoms with Crippen LogP contribution in [0.5, 0.6) is 5.75 Å². The molecule has 4 heterocycles. The molecule has 0 saturated carbocycles. The molecule has 240 valence electrons. The number of ether oxygens (including phenoxy) is 1. The molecule has 6 nitrogen and oxygen atoms in total. The van der Waals surface area contributed by atoms with E-state index in [1.54, 1.807) is 7.11 Å². The van der Waals surface area contributed by atoms with Gasteiger partial charge in [-0.05, 0) is 107 Å². The van der Waals surface area contributed by atoms with Crippen molar-refractivity contribution in [3.05, 3.63) is 121 Å². The highest BCUT2D eigenvalue weighted by Crippen LogP contribution is 2.44. The Morgan fingerprint density at radius 2 is 1.71 bits per heavy atom. The SMILES string of the molecule is C=C[C@@H]1CN2CC[C@H]1C[C@H]2[C@@H](NC(=S)Nc1ccc2ccccc2c1-c1c(N)ccc2ccccc12)c1ccnc2ccc(OC)cc12. The van der Waals surface area contributed by atoms with E-state index in [4.69, 9.17) is 27.7 Å². The molecule has 4 N–H and O–H groups in total. The van der Waals surface area contributed by atoms with Crippen LogP contribution in [0, 0.1) is 11.8 Å². The van der Waals surface area contributed by atoms with Gasteiger partial charge in [-0.1, -0.05) is 66.7 Å². The van der Waals surface area contributed by atoms with Gasteiger partial charge >= 0.3 is 0 Å². The lowest BCUT2D eigenvalue weighted by molar-refractivity contribution is 0.00443. The number of hydrogen-bond donors (Lipinski definition) is 3. The quantitative estimate of drug-likeness (QED) is 0.0907. The van der Waals surface area contributed by atoms with E-state index < -0.39 is 0 Å². The molecule has 5 atom stereocenters. The number of nitrogens with two attached hydrogens (primary N) is 1. The molecule has 0 spiro atoms. The Kier molecular flexibility index (Phi) is 7.95. The smallest absolute Gasteiger partial charge is 0.171 e. The van der Waals surface area contributed by atoms with Crippen LogP contribution < -0.4 is 21.1 Å². The first-order chi connectivity index (χ1) is 23.5. The predicted molar refractivity (Wildman–Crippen MR) is 203 cm³/mol. The number of benzene rings is 5. The number of anilines is 2. The monoisotopic (exact) mass is 649 g/mol. The van der Waals surface area contributed by atoms with Crippen molar-refractivity contribution >= 4 is 61.2 Å². The molecule has 0 amide bonds. The number of pyridine rings is 1. The number of hydrogen-bond acceptors (Lipinski definition) is 5. The Labute approximate surface area is 286 Å². The van der Waals surface area contributed by atoms with Crippen molar-refractivity contribution in [3.63, 3.8) is 0 Å². The molecular weight excluding hydrogens is 611 g/mol. The van der Waals surface area contributed by atoms with E-state index in [0.717, 1.165) is 85.8 Å². The number of nitrogen functional groups attached to an aromatic ring is 1. The van der Waals surface area contributed by atoms with Crippen LogP contribution in [0.2, 0.25) is 0 Å². The third-order valence-corrected chi connectivity index (χ3v) is 10.8. The first-order valence-electron chi connectivity index (χ1n) is 16.7. The van der Waals surface area contributed by atoms with E-state index in [1.165, 1.54) is 6.42 Å². The topological polar surface area (TPSA) is 75.4 Å². The number of aromatic nitrogens is 1. The van der Waals surface area contributed by atoms with Gasteiger partial charge in [0.25, 0.3) is 0 Å². The molecule has 0 aliphatic carbocycles. The molecule has 9 rings (SSSR count). The molecular formula is C41H39N5OS. The standard InChI is InChI=1S/C41H39N5OS/c1-3-25-24-46-21-19-28(25)22-37(46)40(32-18-20-43-35-17-14-29(47-2)23-33(32)35)45-41(48)44-36-16-13-27-9-5-7-11-31(27)39(36)38-30-10-6-4-8-26(30)12-15-34(38)42/h3-18,20,23,25,28,37,40H,1,19,21-22,24,42H2,2H3,(H2,44,45,48)/t25-,28+,37+,40+/m1/s1. The zero-order valence-corrected chi connectivity index (χ0v) is 27.8. The first-order valence-corrected chi connectivity index (χ1v) is 17.1. The Morgan fingerprint density at radius 1 is 0.958 bits per heavy atom. The van der Waals surface area contributed by atoms with E-state index >= 15 is 0 Å². The molecule has 1 unspecified atom stereocenters.